The molecule has 0 spiro atoms. The van der Waals surface area contributed by atoms with Crippen molar-refractivity contribution in [1.82, 2.24) is 9.80 Å². The molecule has 0 aromatic carbocycles. The zero-order chi connectivity index (χ0) is 15.4. The Hall–Kier alpha value is -0.610. The minimum absolute atomic E-state index is 0.166. The highest BCUT2D eigenvalue weighted by molar-refractivity contribution is 5.81. The van der Waals surface area contributed by atoms with E-state index in [0.29, 0.717) is 5.92 Å². The molecule has 0 saturated carbocycles. The Kier molecular flexibility index (Phi) is 6.06. The Morgan fingerprint density at radius 2 is 1.81 bits per heavy atom. The first-order valence-corrected chi connectivity index (χ1v) is 8.73. The predicted octanol–water partition coefficient (Wildman–Crippen LogP) is 2.08. The van der Waals surface area contributed by atoms with Crippen LogP contribution in [-0.2, 0) is 4.79 Å². The molecular formula is C17H33N3O. The van der Waals surface area contributed by atoms with Crippen LogP contribution in [0.3, 0.4) is 0 Å². The summed E-state index contributed by atoms with van der Waals surface area (Å²) in [5.74, 6) is 1.41. The molecule has 0 aromatic heterocycles. The van der Waals surface area contributed by atoms with Crippen LogP contribution >= 0.6 is 0 Å². The molecule has 2 saturated heterocycles. The molecule has 122 valence electrons. The van der Waals surface area contributed by atoms with E-state index in [1.165, 1.54) is 25.8 Å². The molecule has 1 amide bonds. The van der Waals surface area contributed by atoms with E-state index in [1.807, 2.05) is 4.90 Å². The van der Waals surface area contributed by atoms with Crippen LogP contribution in [0.25, 0.3) is 0 Å². The molecule has 2 aliphatic heterocycles. The van der Waals surface area contributed by atoms with Crippen LogP contribution in [0, 0.1) is 11.8 Å². The zero-order valence-corrected chi connectivity index (χ0v) is 14.1. The molecule has 4 heteroatoms. The van der Waals surface area contributed by atoms with Gasteiger partial charge < -0.3 is 15.5 Å². The van der Waals surface area contributed by atoms with Crippen molar-refractivity contribution in [2.75, 3.05) is 26.7 Å². The molecule has 2 atom stereocenters. The largest absolute Gasteiger partial charge is 0.341 e. The summed E-state index contributed by atoms with van der Waals surface area (Å²) < 4.78 is 0. The van der Waals surface area contributed by atoms with Gasteiger partial charge in [0.25, 0.3) is 0 Å². The van der Waals surface area contributed by atoms with Crippen molar-refractivity contribution in [2.45, 2.75) is 64.5 Å². The van der Waals surface area contributed by atoms with Gasteiger partial charge >= 0.3 is 0 Å². The average Bonchev–Trinajstić information content (AvgIpc) is 2.46. The van der Waals surface area contributed by atoms with Gasteiger partial charge in [-0.2, -0.15) is 0 Å². The molecule has 4 nitrogen and oxygen atoms in total. The van der Waals surface area contributed by atoms with Crippen molar-refractivity contribution < 1.29 is 4.79 Å². The maximum Gasteiger partial charge on any atom is 0.239 e. The third kappa shape index (κ3) is 4.43. The summed E-state index contributed by atoms with van der Waals surface area (Å²) in [6, 6.07) is 0.430. The van der Waals surface area contributed by atoms with Gasteiger partial charge in [0.05, 0.1) is 6.04 Å². The number of hydrogen-bond acceptors (Lipinski definition) is 3. The van der Waals surface area contributed by atoms with Crippen LogP contribution in [0.4, 0.5) is 0 Å². The number of nitrogens with zero attached hydrogens (tertiary/aromatic N) is 2. The summed E-state index contributed by atoms with van der Waals surface area (Å²) in [4.78, 5) is 16.9. The molecule has 2 aliphatic rings. The number of likely N-dealkylation sites (tertiary alicyclic amines) is 2. The lowest BCUT2D eigenvalue weighted by atomic mass is 9.84. The fraction of sp³-hybridized carbons (Fsp3) is 0.941. The maximum atomic E-state index is 12.4. The Bertz CT molecular complexity index is 337. The summed E-state index contributed by atoms with van der Waals surface area (Å²) in [6.45, 7) is 7.29. The second-order valence-electron chi connectivity index (χ2n) is 7.44. The molecule has 2 rings (SSSR count). The van der Waals surface area contributed by atoms with Crippen LogP contribution in [0.2, 0.25) is 0 Å². The van der Waals surface area contributed by atoms with Gasteiger partial charge in [-0.25, -0.2) is 0 Å². The van der Waals surface area contributed by atoms with Crippen molar-refractivity contribution in [3.05, 3.63) is 0 Å². The summed E-state index contributed by atoms with van der Waals surface area (Å²) in [6.07, 6.45) is 7.14. The van der Waals surface area contributed by atoms with Crippen molar-refractivity contribution in [1.29, 1.82) is 0 Å². The summed E-state index contributed by atoms with van der Waals surface area (Å²) in [5, 5.41) is 0. The molecule has 2 fully saturated rings. The Balaban J connectivity index is 1.81. The van der Waals surface area contributed by atoms with Gasteiger partial charge in [-0.05, 0) is 57.5 Å². The van der Waals surface area contributed by atoms with Gasteiger partial charge in [0.1, 0.15) is 0 Å². The zero-order valence-electron chi connectivity index (χ0n) is 14.1. The van der Waals surface area contributed by atoms with E-state index in [1.54, 1.807) is 0 Å². The number of rotatable bonds is 4. The molecule has 21 heavy (non-hydrogen) atoms. The lowest BCUT2D eigenvalue weighted by molar-refractivity contribution is -0.134. The van der Waals surface area contributed by atoms with Crippen LogP contribution < -0.4 is 5.73 Å². The first-order valence-electron chi connectivity index (χ1n) is 8.73. The number of nitrogens with two attached hydrogens (primary N) is 1. The number of amides is 1. The summed E-state index contributed by atoms with van der Waals surface area (Å²) in [5.41, 5.74) is 6.05. The van der Waals surface area contributed by atoms with Crippen LogP contribution in [-0.4, -0.2) is 54.5 Å². The molecule has 1 unspecified atom stereocenters. The van der Waals surface area contributed by atoms with E-state index in [-0.39, 0.29) is 11.9 Å². The summed E-state index contributed by atoms with van der Waals surface area (Å²) >= 11 is 0. The Morgan fingerprint density at radius 1 is 1.14 bits per heavy atom. The smallest absolute Gasteiger partial charge is 0.239 e. The highest BCUT2D eigenvalue weighted by Gasteiger charge is 2.32. The average molecular weight is 295 g/mol. The topological polar surface area (TPSA) is 49.6 Å². The second-order valence-corrected chi connectivity index (χ2v) is 7.44. The Labute approximate surface area is 130 Å². The van der Waals surface area contributed by atoms with Crippen LogP contribution in [0.5, 0.6) is 0 Å². The van der Waals surface area contributed by atoms with E-state index in [2.05, 4.69) is 25.8 Å². The second kappa shape index (κ2) is 7.59. The lowest BCUT2D eigenvalue weighted by Crippen LogP contribution is -2.51. The molecule has 0 aliphatic carbocycles. The quantitative estimate of drug-likeness (QED) is 0.864. The van der Waals surface area contributed by atoms with Gasteiger partial charge in [0.2, 0.25) is 5.91 Å². The van der Waals surface area contributed by atoms with Crippen molar-refractivity contribution in [3.8, 4) is 0 Å². The minimum Gasteiger partial charge on any atom is -0.341 e. The molecule has 2 N–H and O–H groups in total. The fourth-order valence-electron chi connectivity index (χ4n) is 4.04. The number of carbonyl (C=O) groups excluding carboxylic acids is 1. The third-order valence-electron chi connectivity index (χ3n) is 5.26. The van der Waals surface area contributed by atoms with E-state index >= 15 is 0 Å². The van der Waals surface area contributed by atoms with Crippen LogP contribution in [0.1, 0.15) is 52.4 Å². The molecule has 0 radical (unpaired) electrons. The van der Waals surface area contributed by atoms with Crippen molar-refractivity contribution >= 4 is 5.91 Å². The van der Waals surface area contributed by atoms with E-state index in [0.717, 1.165) is 44.3 Å². The lowest BCUT2D eigenvalue weighted by Gasteiger charge is -2.42. The van der Waals surface area contributed by atoms with Gasteiger partial charge in [0.15, 0.2) is 0 Å². The first-order chi connectivity index (χ1) is 9.99. The number of piperidine rings is 2. The highest BCUT2D eigenvalue weighted by Crippen LogP contribution is 2.29. The standard InChI is InChI=1S/C17H33N3O/c1-13(2)12-15(18)17(21)20-10-7-14(8-11-20)16-6-4-5-9-19(16)3/h13-16H,4-12,18H2,1-3H3/t15-,16?/m0/s1. The SMILES string of the molecule is CC(C)C[C@H](N)C(=O)N1CCC(C2CCCCN2C)CC1. The third-order valence-corrected chi connectivity index (χ3v) is 5.26. The van der Waals surface area contributed by atoms with Gasteiger partial charge in [-0.1, -0.05) is 20.3 Å². The summed E-state index contributed by atoms with van der Waals surface area (Å²) in [7, 11) is 2.26. The fourth-order valence-corrected chi connectivity index (χ4v) is 4.04. The maximum absolute atomic E-state index is 12.4. The molecule has 0 bridgehead atoms. The predicted molar refractivity (Wildman–Crippen MR) is 87.0 cm³/mol. The molecule has 2 heterocycles. The van der Waals surface area contributed by atoms with Crippen molar-refractivity contribution in [3.63, 3.8) is 0 Å². The number of hydrogen-bond donors (Lipinski definition) is 1. The minimum atomic E-state index is -0.307. The first kappa shape index (κ1) is 16.8. The normalized spacial score (nSPS) is 27.1. The monoisotopic (exact) mass is 295 g/mol. The molecule has 0 aromatic rings. The van der Waals surface area contributed by atoms with Crippen molar-refractivity contribution in [2.24, 2.45) is 17.6 Å². The van der Waals surface area contributed by atoms with E-state index in [4.69, 9.17) is 5.73 Å². The Morgan fingerprint density at radius 3 is 2.38 bits per heavy atom. The number of carbonyl (C=O) groups is 1. The van der Waals surface area contributed by atoms with Gasteiger partial charge in [0, 0.05) is 19.1 Å². The van der Waals surface area contributed by atoms with Gasteiger partial charge in [-0.15, -0.1) is 0 Å². The van der Waals surface area contributed by atoms with E-state index in [9.17, 15) is 4.79 Å². The van der Waals surface area contributed by atoms with Crippen LogP contribution in [0.15, 0.2) is 0 Å². The molecular weight excluding hydrogens is 262 g/mol. The van der Waals surface area contributed by atoms with E-state index < -0.39 is 0 Å². The van der Waals surface area contributed by atoms with Gasteiger partial charge in [-0.3, -0.25) is 4.79 Å². The highest BCUT2D eigenvalue weighted by atomic mass is 16.2.